The maximum absolute atomic E-state index is 6.04. The van der Waals surface area contributed by atoms with Crippen molar-refractivity contribution in [1.29, 1.82) is 0 Å². The van der Waals surface area contributed by atoms with Gasteiger partial charge in [0.05, 0.1) is 29.5 Å². The lowest BCUT2D eigenvalue weighted by atomic mass is 9.83. The Morgan fingerprint density at radius 1 is 1.15 bits per heavy atom. The minimum atomic E-state index is -0.448. The van der Waals surface area contributed by atoms with E-state index in [0.29, 0.717) is 6.61 Å². The molecule has 0 amide bonds. The SMILES string of the molecule is Cc1nn(C2CCOC2)nc1B1OC(C)(C)C(C)(C)O1. The van der Waals surface area contributed by atoms with Crippen molar-refractivity contribution in [2.45, 2.75) is 58.3 Å². The van der Waals surface area contributed by atoms with Crippen LogP contribution < -0.4 is 5.59 Å². The van der Waals surface area contributed by atoms with Crippen molar-refractivity contribution >= 4 is 12.7 Å². The van der Waals surface area contributed by atoms with Crippen molar-refractivity contribution in [3.63, 3.8) is 0 Å². The van der Waals surface area contributed by atoms with Crippen LogP contribution in [0.25, 0.3) is 0 Å². The van der Waals surface area contributed by atoms with E-state index in [2.05, 4.69) is 10.2 Å². The highest BCUT2D eigenvalue weighted by Crippen LogP contribution is 2.36. The second-order valence-corrected chi connectivity index (χ2v) is 6.60. The van der Waals surface area contributed by atoms with Crippen LogP contribution in [0, 0.1) is 6.92 Å². The minimum absolute atomic E-state index is 0.227. The number of nitrogens with zero attached hydrogens (tertiary/aromatic N) is 3. The van der Waals surface area contributed by atoms with Crippen molar-refractivity contribution < 1.29 is 14.0 Å². The summed E-state index contributed by atoms with van der Waals surface area (Å²) >= 11 is 0. The summed E-state index contributed by atoms with van der Waals surface area (Å²) in [6.45, 7) is 11.6. The first-order chi connectivity index (χ1) is 9.30. The lowest BCUT2D eigenvalue weighted by molar-refractivity contribution is 0.00578. The zero-order valence-electron chi connectivity index (χ0n) is 12.8. The zero-order valence-corrected chi connectivity index (χ0v) is 12.8. The van der Waals surface area contributed by atoms with Crippen LogP contribution in [0.3, 0.4) is 0 Å². The highest BCUT2D eigenvalue weighted by molar-refractivity contribution is 6.61. The highest BCUT2D eigenvalue weighted by Gasteiger charge is 2.53. The molecule has 0 spiro atoms. The van der Waals surface area contributed by atoms with E-state index in [1.54, 1.807) is 4.80 Å². The number of hydrogen-bond acceptors (Lipinski definition) is 5. The van der Waals surface area contributed by atoms with E-state index >= 15 is 0 Å². The third-order valence-corrected chi connectivity index (χ3v) is 4.54. The highest BCUT2D eigenvalue weighted by atomic mass is 16.7. The molecule has 0 bridgehead atoms. The van der Waals surface area contributed by atoms with Gasteiger partial charge < -0.3 is 14.0 Å². The van der Waals surface area contributed by atoms with Crippen LogP contribution in [-0.2, 0) is 14.0 Å². The Morgan fingerprint density at radius 3 is 2.35 bits per heavy atom. The molecule has 7 heteroatoms. The number of hydrogen-bond donors (Lipinski definition) is 0. The molecule has 2 aliphatic rings. The maximum atomic E-state index is 6.04. The predicted octanol–water partition coefficient (Wildman–Crippen LogP) is 0.847. The third-order valence-electron chi connectivity index (χ3n) is 4.54. The lowest BCUT2D eigenvalue weighted by Gasteiger charge is -2.32. The van der Waals surface area contributed by atoms with E-state index in [0.717, 1.165) is 24.3 Å². The molecule has 1 atom stereocenters. The average molecular weight is 279 g/mol. The third kappa shape index (κ3) is 2.17. The number of ether oxygens (including phenoxy) is 1. The van der Waals surface area contributed by atoms with E-state index in [9.17, 15) is 0 Å². The van der Waals surface area contributed by atoms with Crippen LogP contribution >= 0.6 is 0 Å². The van der Waals surface area contributed by atoms with Gasteiger partial charge in [-0.2, -0.15) is 15.0 Å². The first-order valence-corrected chi connectivity index (χ1v) is 7.17. The molecule has 1 aromatic heterocycles. The van der Waals surface area contributed by atoms with E-state index in [1.165, 1.54) is 0 Å². The van der Waals surface area contributed by atoms with Gasteiger partial charge >= 0.3 is 7.12 Å². The van der Waals surface area contributed by atoms with Gasteiger partial charge in [-0.15, -0.1) is 0 Å². The van der Waals surface area contributed by atoms with Gasteiger partial charge in [0.25, 0.3) is 0 Å². The number of rotatable bonds is 2. The molecule has 6 nitrogen and oxygen atoms in total. The summed E-state index contributed by atoms with van der Waals surface area (Å²) in [5, 5.41) is 9.08. The quantitative estimate of drug-likeness (QED) is 0.751. The van der Waals surface area contributed by atoms with Crippen LogP contribution in [0.5, 0.6) is 0 Å². The van der Waals surface area contributed by atoms with E-state index in [1.807, 2.05) is 34.6 Å². The molecular weight excluding hydrogens is 257 g/mol. The first-order valence-electron chi connectivity index (χ1n) is 7.17. The second kappa shape index (κ2) is 4.54. The monoisotopic (exact) mass is 279 g/mol. The van der Waals surface area contributed by atoms with Crippen molar-refractivity contribution in [1.82, 2.24) is 15.0 Å². The van der Waals surface area contributed by atoms with Crippen LogP contribution in [0.2, 0.25) is 0 Å². The standard InChI is InChI=1S/C13H22BN3O3/c1-9-11(14-19-12(2,3)13(4,5)20-14)16-17(15-9)10-6-7-18-8-10/h10H,6-8H2,1-5H3. The number of aryl methyl sites for hydroxylation is 1. The Kier molecular flexibility index (Phi) is 3.19. The van der Waals surface area contributed by atoms with Crippen molar-refractivity contribution in [2.24, 2.45) is 0 Å². The molecule has 0 N–H and O–H groups in total. The topological polar surface area (TPSA) is 58.4 Å². The van der Waals surface area contributed by atoms with Crippen molar-refractivity contribution in [3.05, 3.63) is 5.69 Å². The van der Waals surface area contributed by atoms with Crippen molar-refractivity contribution in [3.8, 4) is 0 Å². The molecular formula is C13H22BN3O3. The Bertz CT molecular complexity index is 493. The molecule has 2 fully saturated rings. The summed E-state index contributed by atoms with van der Waals surface area (Å²) < 4.78 is 17.5. The van der Waals surface area contributed by atoms with E-state index < -0.39 is 7.12 Å². The van der Waals surface area contributed by atoms with Gasteiger partial charge in [-0.05, 0) is 41.0 Å². The van der Waals surface area contributed by atoms with E-state index in [4.69, 9.17) is 14.0 Å². The average Bonchev–Trinajstić information content (AvgIpc) is 2.98. The van der Waals surface area contributed by atoms with Gasteiger partial charge in [0.15, 0.2) is 0 Å². The maximum Gasteiger partial charge on any atom is 0.518 e. The molecule has 0 radical (unpaired) electrons. The summed E-state index contributed by atoms with van der Waals surface area (Å²) in [4.78, 5) is 1.75. The molecule has 110 valence electrons. The summed E-state index contributed by atoms with van der Waals surface area (Å²) in [7, 11) is -0.448. The normalized spacial score (nSPS) is 28.2. The molecule has 0 saturated carbocycles. The van der Waals surface area contributed by atoms with Crippen molar-refractivity contribution in [2.75, 3.05) is 13.2 Å². The van der Waals surface area contributed by atoms with Gasteiger partial charge in [-0.3, -0.25) is 0 Å². The molecule has 2 saturated heterocycles. The molecule has 2 aliphatic heterocycles. The van der Waals surface area contributed by atoms with Crippen LogP contribution in [0.4, 0.5) is 0 Å². The second-order valence-electron chi connectivity index (χ2n) is 6.60. The molecule has 1 aromatic rings. The van der Waals surface area contributed by atoms with Gasteiger partial charge in [0.1, 0.15) is 5.59 Å². The molecule has 1 unspecified atom stereocenters. The summed E-state index contributed by atoms with van der Waals surface area (Å²) in [5.41, 5.74) is 0.917. The smallest absolute Gasteiger partial charge is 0.398 e. The van der Waals surface area contributed by atoms with Crippen LogP contribution in [0.15, 0.2) is 0 Å². The molecule has 20 heavy (non-hydrogen) atoms. The van der Waals surface area contributed by atoms with Gasteiger partial charge in [0, 0.05) is 6.61 Å². The molecule has 3 heterocycles. The van der Waals surface area contributed by atoms with Gasteiger partial charge in [-0.1, -0.05) is 0 Å². The molecule has 0 aromatic carbocycles. The Labute approximate surface area is 119 Å². The van der Waals surface area contributed by atoms with Crippen LogP contribution in [-0.4, -0.2) is 46.5 Å². The van der Waals surface area contributed by atoms with Gasteiger partial charge in [-0.25, -0.2) is 0 Å². The Morgan fingerprint density at radius 2 is 1.80 bits per heavy atom. The minimum Gasteiger partial charge on any atom is -0.398 e. The Hall–Kier alpha value is -0.915. The fraction of sp³-hybridized carbons (Fsp3) is 0.846. The fourth-order valence-corrected chi connectivity index (χ4v) is 2.45. The summed E-state index contributed by atoms with van der Waals surface area (Å²) in [6, 6.07) is 0.227. The predicted molar refractivity (Wildman–Crippen MR) is 74.9 cm³/mol. The largest absolute Gasteiger partial charge is 0.518 e. The summed E-state index contributed by atoms with van der Waals surface area (Å²) in [5.74, 6) is 0. The first kappa shape index (κ1) is 14.0. The van der Waals surface area contributed by atoms with Gasteiger partial charge in [0.2, 0.25) is 0 Å². The fourth-order valence-electron chi connectivity index (χ4n) is 2.45. The molecule has 0 aliphatic carbocycles. The lowest BCUT2D eigenvalue weighted by Crippen LogP contribution is -2.41. The Balaban J connectivity index is 1.85. The van der Waals surface area contributed by atoms with E-state index in [-0.39, 0.29) is 17.2 Å². The summed E-state index contributed by atoms with van der Waals surface area (Å²) in [6.07, 6.45) is 0.955. The zero-order chi connectivity index (χ0) is 14.5. The molecule has 3 rings (SSSR count). The van der Waals surface area contributed by atoms with Crippen LogP contribution in [0.1, 0.15) is 45.9 Å². The number of aromatic nitrogens is 3.